The van der Waals surface area contributed by atoms with Crippen molar-refractivity contribution in [3.8, 4) is 5.75 Å². The number of carbonyl (C=O) groups is 1. The number of esters is 1. The number of nitrogens with two attached hydrogens (primary N) is 1. The van der Waals surface area contributed by atoms with Crippen molar-refractivity contribution < 1.29 is 18.7 Å². The number of rotatable bonds is 5. The van der Waals surface area contributed by atoms with Crippen LogP contribution in [0, 0.1) is 5.82 Å². The summed E-state index contributed by atoms with van der Waals surface area (Å²) >= 11 is 0. The smallest absolute Gasteiger partial charge is 0.347 e. The van der Waals surface area contributed by atoms with Crippen molar-refractivity contribution in [2.24, 2.45) is 5.73 Å². The van der Waals surface area contributed by atoms with Crippen molar-refractivity contribution in [3.63, 3.8) is 0 Å². The van der Waals surface area contributed by atoms with E-state index in [-0.39, 0.29) is 18.4 Å². The van der Waals surface area contributed by atoms with E-state index in [9.17, 15) is 9.18 Å². The van der Waals surface area contributed by atoms with E-state index in [1.807, 2.05) is 0 Å². The second-order valence-electron chi connectivity index (χ2n) is 3.98. The number of carbonyl (C=O) groups excluding carboxylic acids is 1. The Morgan fingerprint density at radius 2 is 2.11 bits per heavy atom. The molecule has 0 radical (unpaired) electrons. The molecule has 4 nitrogen and oxygen atoms in total. The lowest BCUT2D eigenvalue weighted by molar-refractivity contribution is -0.150. The Labute approximate surface area is 106 Å². The fourth-order valence-electron chi connectivity index (χ4n) is 1.48. The molecule has 0 spiro atoms. The summed E-state index contributed by atoms with van der Waals surface area (Å²) in [5, 5.41) is 0. The predicted octanol–water partition coefficient (Wildman–Crippen LogP) is 2.18. The third kappa shape index (κ3) is 3.70. The molecule has 2 N–H and O–H groups in total. The minimum Gasteiger partial charge on any atom is -0.479 e. The molecule has 0 aliphatic rings. The van der Waals surface area contributed by atoms with Crippen LogP contribution in [0.15, 0.2) is 18.2 Å². The maximum absolute atomic E-state index is 13.2. The summed E-state index contributed by atoms with van der Waals surface area (Å²) in [6.45, 7) is 5.29. The summed E-state index contributed by atoms with van der Waals surface area (Å²) in [6, 6.07) is 3.76. The van der Waals surface area contributed by atoms with Gasteiger partial charge in [0.2, 0.25) is 0 Å². The molecule has 1 rings (SSSR count). The zero-order chi connectivity index (χ0) is 13.7. The fraction of sp³-hybridized carbons (Fsp3) is 0.462. The summed E-state index contributed by atoms with van der Waals surface area (Å²) in [4.78, 5) is 11.4. The van der Waals surface area contributed by atoms with Crippen LogP contribution in [0.2, 0.25) is 0 Å². The fourth-order valence-corrected chi connectivity index (χ4v) is 1.48. The number of hydrogen-bond donors (Lipinski definition) is 1. The van der Waals surface area contributed by atoms with E-state index in [0.29, 0.717) is 5.56 Å². The van der Waals surface area contributed by atoms with Gasteiger partial charge in [-0.3, -0.25) is 0 Å². The molecule has 0 aliphatic carbocycles. The van der Waals surface area contributed by atoms with Gasteiger partial charge in [0.15, 0.2) is 6.10 Å². The molecule has 0 saturated heterocycles. The molecule has 0 fully saturated rings. The molecule has 0 bridgehead atoms. The largest absolute Gasteiger partial charge is 0.479 e. The van der Waals surface area contributed by atoms with Crippen LogP contribution in [-0.2, 0) is 9.53 Å². The lowest BCUT2D eigenvalue weighted by Gasteiger charge is -2.18. The van der Waals surface area contributed by atoms with Gasteiger partial charge >= 0.3 is 5.97 Å². The van der Waals surface area contributed by atoms with E-state index in [0.717, 1.165) is 0 Å². The molecule has 2 atom stereocenters. The Bertz CT molecular complexity index is 421. The van der Waals surface area contributed by atoms with Gasteiger partial charge in [0, 0.05) is 17.7 Å². The lowest BCUT2D eigenvalue weighted by atomic mass is 10.1. The second-order valence-corrected chi connectivity index (χ2v) is 3.98. The monoisotopic (exact) mass is 255 g/mol. The van der Waals surface area contributed by atoms with E-state index < -0.39 is 17.9 Å². The van der Waals surface area contributed by atoms with Crippen LogP contribution >= 0.6 is 0 Å². The van der Waals surface area contributed by atoms with Gasteiger partial charge in [-0.2, -0.15) is 0 Å². The van der Waals surface area contributed by atoms with Crippen molar-refractivity contribution in [1.29, 1.82) is 0 Å². The molecule has 0 heterocycles. The molecule has 1 aromatic rings. The molecule has 0 saturated carbocycles. The average Bonchev–Trinajstić information content (AvgIpc) is 2.28. The Morgan fingerprint density at radius 3 is 2.67 bits per heavy atom. The maximum atomic E-state index is 13.2. The van der Waals surface area contributed by atoms with E-state index >= 15 is 0 Å². The van der Waals surface area contributed by atoms with E-state index in [1.54, 1.807) is 26.8 Å². The Kier molecular flexibility index (Phi) is 5.09. The second kappa shape index (κ2) is 6.35. The topological polar surface area (TPSA) is 61.5 Å². The highest BCUT2D eigenvalue weighted by Crippen LogP contribution is 2.25. The minimum absolute atomic E-state index is 0.269. The average molecular weight is 255 g/mol. The SMILES string of the molecule is CCOC(=O)C(C)Oc1cc(F)ccc1C(C)N. The third-order valence-electron chi connectivity index (χ3n) is 2.39. The highest BCUT2D eigenvalue weighted by Gasteiger charge is 2.18. The third-order valence-corrected chi connectivity index (χ3v) is 2.39. The summed E-state index contributed by atoms with van der Waals surface area (Å²) in [7, 11) is 0. The molecule has 1 aromatic carbocycles. The van der Waals surface area contributed by atoms with E-state index in [1.165, 1.54) is 12.1 Å². The Morgan fingerprint density at radius 1 is 1.44 bits per heavy atom. The summed E-state index contributed by atoms with van der Waals surface area (Å²) in [5.41, 5.74) is 6.40. The molecule has 5 heteroatoms. The zero-order valence-electron chi connectivity index (χ0n) is 10.8. The number of halogens is 1. The highest BCUT2D eigenvalue weighted by atomic mass is 19.1. The van der Waals surface area contributed by atoms with Crippen LogP contribution in [0.1, 0.15) is 32.4 Å². The van der Waals surface area contributed by atoms with Gasteiger partial charge in [0.1, 0.15) is 11.6 Å². The Balaban J connectivity index is 2.88. The van der Waals surface area contributed by atoms with Crippen LogP contribution < -0.4 is 10.5 Å². The first-order valence-electron chi connectivity index (χ1n) is 5.84. The molecule has 100 valence electrons. The summed E-state index contributed by atoms with van der Waals surface area (Å²) in [5.74, 6) is -0.659. The van der Waals surface area contributed by atoms with Crippen molar-refractivity contribution in [2.45, 2.75) is 32.9 Å². The summed E-state index contributed by atoms with van der Waals surface area (Å²) in [6.07, 6.45) is -0.802. The molecule has 0 amide bonds. The van der Waals surface area contributed by atoms with Crippen LogP contribution in [0.5, 0.6) is 5.75 Å². The predicted molar refractivity (Wildman–Crippen MR) is 65.7 cm³/mol. The van der Waals surface area contributed by atoms with Gasteiger partial charge in [-0.15, -0.1) is 0 Å². The van der Waals surface area contributed by atoms with Crippen LogP contribution in [0.25, 0.3) is 0 Å². The van der Waals surface area contributed by atoms with Gasteiger partial charge in [0.25, 0.3) is 0 Å². The summed E-state index contributed by atoms with van der Waals surface area (Å²) < 4.78 is 23.4. The minimum atomic E-state index is -0.802. The molecular weight excluding hydrogens is 237 g/mol. The normalized spacial score (nSPS) is 13.8. The van der Waals surface area contributed by atoms with Crippen molar-refractivity contribution in [2.75, 3.05) is 6.61 Å². The van der Waals surface area contributed by atoms with Crippen molar-refractivity contribution in [3.05, 3.63) is 29.6 Å². The molecule has 2 unspecified atom stereocenters. The van der Waals surface area contributed by atoms with Gasteiger partial charge < -0.3 is 15.2 Å². The van der Waals surface area contributed by atoms with Crippen molar-refractivity contribution in [1.82, 2.24) is 0 Å². The van der Waals surface area contributed by atoms with Gasteiger partial charge in [-0.1, -0.05) is 6.07 Å². The quantitative estimate of drug-likeness (QED) is 0.819. The Hall–Kier alpha value is -1.62. The number of ether oxygens (including phenoxy) is 2. The van der Waals surface area contributed by atoms with Gasteiger partial charge in [0.05, 0.1) is 6.61 Å². The molecule has 0 aliphatic heterocycles. The first-order chi connectivity index (χ1) is 8.45. The van der Waals surface area contributed by atoms with Crippen LogP contribution in [0.3, 0.4) is 0 Å². The van der Waals surface area contributed by atoms with Gasteiger partial charge in [-0.25, -0.2) is 9.18 Å². The van der Waals surface area contributed by atoms with E-state index in [4.69, 9.17) is 15.2 Å². The lowest BCUT2D eigenvalue weighted by Crippen LogP contribution is -2.27. The standard InChI is InChI=1S/C13H18FNO3/c1-4-17-13(16)9(3)18-12-7-10(14)5-6-11(12)8(2)15/h5-9H,4,15H2,1-3H3. The van der Waals surface area contributed by atoms with Crippen LogP contribution in [0.4, 0.5) is 4.39 Å². The van der Waals surface area contributed by atoms with Crippen LogP contribution in [-0.4, -0.2) is 18.7 Å². The number of benzene rings is 1. The van der Waals surface area contributed by atoms with E-state index in [2.05, 4.69) is 0 Å². The zero-order valence-corrected chi connectivity index (χ0v) is 10.8. The van der Waals surface area contributed by atoms with Crippen molar-refractivity contribution >= 4 is 5.97 Å². The maximum Gasteiger partial charge on any atom is 0.347 e. The number of hydrogen-bond acceptors (Lipinski definition) is 4. The molecule has 0 aromatic heterocycles. The highest BCUT2D eigenvalue weighted by molar-refractivity contribution is 5.74. The van der Waals surface area contributed by atoms with Gasteiger partial charge in [-0.05, 0) is 26.8 Å². The first kappa shape index (κ1) is 14.4. The molecule has 18 heavy (non-hydrogen) atoms. The molecular formula is C13H18FNO3. The first-order valence-corrected chi connectivity index (χ1v) is 5.84.